The predicted octanol–water partition coefficient (Wildman–Crippen LogP) is 5.27. The lowest BCUT2D eigenvalue weighted by Crippen LogP contribution is -1.97. The molecule has 20 heavy (non-hydrogen) atoms. The van der Waals surface area contributed by atoms with Gasteiger partial charge in [-0.3, -0.25) is 0 Å². The van der Waals surface area contributed by atoms with Crippen molar-refractivity contribution in [3.63, 3.8) is 0 Å². The quantitative estimate of drug-likeness (QED) is 0.693. The lowest BCUT2D eigenvalue weighted by molar-refractivity contribution is 0.411. The van der Waals surface area contributed by atoms with Crippen molar-refractivity contribution < 1.29 is 4.74 Å². The van der Waals surface area contributed by atoms with E-state index in [1.165, 1.54) is 35.1 Å². The standard InChI is InChI=1S/C19H24O/c1-4-6-10-15-13-16(5-2)19(20-3)18(14-15)17-11-8-7-9-12-17/h7-9,11-14H,4-6,10H2,1-3H3. The fourth-order valence-electron chi connectivity index (χ4n) is 2.62. The van der Waals surface area contributed by atoms with Crippen LogP contribution in [-0.2, 0) is 12.8 Å². The Morgan fingerprint density at radius 1 is 1.00 bits per heavy atom. The van der Waals surface area contributed by atoms with Crippen molar-refractivity contribution in [3.8, 4) is 16.9 Å². The summed E-state index contributed by atoms with van der Waals surface area (Å²) in [6.45, 7) is 4.43. The van der Waals surface area contributed by atoms with Crippen molar-refractivity contribution in [2.24, 2.45) is 0 Å². The highest BCUT2D eigenvalue weighted by atomic mass is 16.5. The number of ether oxygens (including phenoxy) is 1. The lowest BCUT2D eigenvalue weighted by atomic mass is 9.95. The Hall–Kier alpha value is -1.76. The molecule has 0 saturated carbocycles. The maximum absolute atomic E-state index is 5.68. The Morgan fingerprint density at radius 3 is 2.35 bits per heavy atom. The molecular formula is C19H24O. The van der Waals surface area contributed by atoms with E-state index in [1.54, 1.807) is 7.11 Å². The zero-order valence-corrected chi connectivity index (χ0v) is 12.8. The second-order valence-electron chi connectivity index (χ2n) is 5.16. The van der Waals surface area contributed by atoms with E-state index in [0.717, 1.165) is 18.6 Å². The fraction of sp³-hybridized carbons (Fsp3) is 0.368. The first-order valence-corrected chi connectivity index (χ1v) is 7.55. The zero-order chi connectivity index (χ0) is 14.4. The number of unbranched alkanes of at least 4 members (excludes halogenated alkanes) is 1. The molecule has 0 spiro atoms. The van der Waals surface area contributed by atoms with Gasteiger partial charge in [0.25, 0.3) is 0 Å². The van der Waals surface area contributed by atoms with Crippen molar-refractivity contribution in [1.82, 2.24) is 0 Å². The molecule has 0 unspecified atom stereocenters. The highest BCUT2D eigenvalue weighted by Gasteiger charge is 2.12. The topological polar surface area (TPSA) is 9.23 Å². The highest BCUT2D eigenvalue weighted by Crippen LogP contribution is 2.35. The molecule has 0 aliphatic heterocycles. The summed E-state index contributed by atoms with van der Waals surface area (Å²) in [5.41, 5.74) is 5.18. The van der Waals surface area contributed by atoms with E-state index in [0.29, 0.717) is 0 Å². The third kappa shape index (κ3) is 3.22. The van der Waals surface area contributed by atoms with Crippen molar-refractivity contribution in [2.45, 2.75) is 39.5 Å². The van der Waals surface area contributed by atoms with Crippen LogP contribution in [0.2, 0.25) is 0 Å². The summed E-state index contributed by atoms with van der Waals surface area (Å²) in [6, 6.07) is 15.1. The third-order valence-electron chi connectivity index (χ3n) is 3.71. The molecule has 0 aliphatic carbocycles. The fourth-order valence-corrected chi connectivity index (χ4v) is 2.62. The average Bonchev–Trinajstić information content (AvgIpc) is 2.52. The van der Waals surface area contributed by atoms with Crippen LogP contribution in [0.1, 0.15) is 37.8 Å². The molecular weight excluding hydrogens is 244 g/mol. The second-order valence-corrected chi connectivity index (χ2v) is 5.16. The summed E-state index contributed by atoms with van der Waals surface area (Å²) in [4.78, 5) is 0. The molecule has 2 aromatic rings. The van der Waals surface area contributed by atoms with Crippen LogP contribution in [0.25, 0.3) is 11.1 Å². The Balaban J connectivity index is 2.51. The van der Waals surface area contributed by atoms with Crippen LogP contribution >= 0.6 is 0 Å². The summed E-state index contributed by atoms with van der Waals surface area (Å²) in [7, 11) is 1.77. The van der Waals surface area contributed by atoms with Crippen molar-refractivity contribution in [3.05, 3.63) is 53.6 Å². The molecule has 106 valence electrons. The molecule has 0 aliphatic rings. The number of benzene rings is 2. The Bertz CT molecular complexity index is 543. The predicted molar refractivity (Wildman–Crippen MR) is 86.4 cm³/mol. The summed E-state index contributed by atoms with van der Waals surface area (Å²) >= 11 is 0. The maximum atomic E-state index is 5.68. The van der Waals surface area contributed by atoms with Gasteiger partial charge in [-0.1, -0.05) is 56.7 Å². The van der Waals surface area contributed by atoms with Gasteiger partial charge < -0.3 is 4.74 Å². The monoisotopic (exact) mass is 268 g/mol. The molecule has 1 heteroatoms. The average molecular weight is 268 g/mol. The van der Waals surface area contributed by atoms with Gasteiger partial charge in [-0.2, -0.15) is 0 Å². The molecule has 0 radical (unpaired) electrons. The minimum Gasteiger partial charge on any atom is -0.496 e. The van der Waals surface area contributed by atoms with Crippen LogP contribution in [0.5, 0.6) is 5.75 Å². The summed E-state index contributed by atoms with van der Waals surface area (Å²) in [6.07, 6.45) is 4.62. The van der Waals surface area contributed by atoms with Crippen molar-refractivity contribution >= 4 is 0 Å². The first-order valence-electron chi connectivity index (χ1n) is 7.55. The van der Waals surface area contributed by atoms with Crippen LogP contribution < -0.4 is 4.74 Å². The molecule has 0 amide bonds. The molecule has 2 rings (SSSR count). The largest absolute Gasteiger partial charge is 0.496 e. The van der Waals surface area contributed by atoms with Crippen LogP contribution in [0, 0.1) is 0 Å². The number of rotatable bonds is 6. The molecule has 0 saturated heterocycles. The van der Waals surface area contributed by atoms with Gasteiger partial charge >= 0.3 is 0 Å². The summed E-state index contributed by atoms with van der Waals surface area (Å²) in [5.74, 6) is 1.03. The molecule has 0 fully saturated rings. The zero-order valence-electron chi connectivity index (χ0n) is 12.8. The van der Waals surface area contributed by atoms with E-state index in [1.807, 2.05) is 0 Å². The number of hydrogen-bond acceptors (Lipinski definition) is 1. The first kappa shape index (κ1) is 14.6. The molecule has 0 aromatic heterocycles. The van der Waals surface area contributed by atoms with Gasteiger partial charge in [0.1, 0.15) is 5.75 Å². The molecule has 1 nitrogen and oxygen atoms in total. The van der Waals surface area contributed by atoms with Crippen molar-refractivity contribution in [2.75, 3.05) is 7.11 Å². The van der Waals surface area contributed by atoms with E-state index >= 15 is 0 Å². The van der Waals surface area contributed by atoms with Gasteiger partial charge in [0.2, 0.25) is 0 Å². The minimum absolute atomic E-state index is 1.00. The Kier molecular flexibility index (Phi) is 5.23. The molecule has 0 heterocycles. The van der Waals surface area contributed by atoms with Gasteiger partial charge in [-0.05, 0) is 42.0 Å². The van der Waals surface area contributed by atoms with E-state index < -0.39 is 0 Å². The second kappa shape index (κ2) is 7.14. The first-order chi connectivity index (χ1) is 9.80. The maximum Gasteiger partial charge on any atom is 0.129 e. The van der Waals surface area contributed by atoms with Gasteiger partial charge in [-0.25, -0.2) is 0 Å². The number of aryl methyl sites for hydroxylation is 2. The Labute approximate surface area is 122 Å². The van der Waals surface area contributed by atoms with Crippen LogP contribution in [-0.4, -0.2) is 7.11 Å². The van der Waals surface area contributed by atoms with Crippen molar-refractivity contribution in [1.29, 1.82) is 0 Å². The van der Waals surface area contributed by atoms with E-state index in [-0.39, 0.29) is 0 Å². The molecule has 0 bridgehead atoms. The SMILES string of the molecule is CCCCc1cc(CC)c(OC)c(-c2ccccc2)c1. The van der Waals surface area contributed by atoms with Crippen LogP contribution in [0.15, 0.2) is 42.5 Å². The van der Waals surface area contributed by atoms with E-state index in [4.69, 9.17) is 4.74 Å². The van der Waals surface area contributed by atoms with Gasteiger partial charge in [0.05, 0.1) is 7.11 Å². The van der Waals surface area contributed by atoms with Gasteiger partial charge in [0, 0.05) is 5.56 Å². The summed E-state index contributed by atoms with van der Waals surface area (Å²) in [5, 5.41) is 0. The van der Waals surface area contributed by atoms with E-state index in [9.17, 15) is 0 Å². The van der Waals surface area contributed by atoms with Crippen LogP contribution in [0.3, 0.4) is 0 Å². The number of methoxy groups -OCH3 is 1. The molecule has 2 aromatic carbocycles. The molecule has 0 atom stereocenters. The smallest absolute Gasteiger partial charge is 0.129 e. The van der Waals surface area contributed by atoms with Gasteiger partial charge in [0.15, 0.2) is 0 Å². The van der Waals surface area contributed by atoms with Crippen LogP contribution in [0.4, 0.5) is 0 Å². The molecule has 0 N–H and O–H groups in total. The minimum atomic E-state index is 1.00. The number of hydrogen-bond donors (Lipinski definition) is 0. The van der Waals surface area contributed by atoms with Gasteiger partial charge in [-0.15, -0.1) is 0 Å². The lowest BCUT2D eigenvalue weighted by Gasteiger charge is -2.15. The third-order valence-corrected chi connectivity index (χ3v) is 3.71. The normalized spacial score (nSPS) is 10.6. The summed E-state index contributed by atoms with van der Waals surface area (Å²) < 4.78 is 5.68. The Morgan fingerprint density at radius 2 is 1.75 bits per heavy atom. The van der Waals surface area contributed by atoms with E-state index in [2.05, 4.69) is 56.3 Å². The highest BCUT2D eigenvalue weighted by molar-refractivity contribution is 5.73.